The highest BCUT2D eigenvalue weighted by Gasteiger charge is 2.26. The Bertz CT molecular complexity index is 295. The smallest absolute Gasteiger partial charge is 0.141 e. The molecule has 0 aliphatic heterocycles. The molecule has 1 saturated carbocycles. The van der Waals surface area contributed by atoms with Crippen molar-refractivity contribution in [3.05, 3.63) is 29.3 Å². The van der Waals surface area contributed by atoms with E-state index in [-0.39, 0.29) is 5.82 Å². The molecule has 0 atom stereocenters. The van der Waals surface area contributed by atoms with Crippen molar-refractivity contribution in [1.82, 2.24) is 4.98 Å². The fraction of sp³-hybridized carbons (Fsp3) is 0.444. The lowest BCUT2D eigenvalue weighted by Crippen LogP contribution is -2.04. The molecule has 2 rings (SSSR count). The molecule has 0 spiro atoms. The Labute approximate surface area is 70.6 Å². The van der Waals surface area contributed by atoms with Gasteiger partial charge in [-0.1, -0.05) is 0 Å². The van der Waals surface area contributed by atoms with Crippen LogP contribution in [0.25, 0.3) is 0 Å². The largest absolute Gasteiger partial charge is 0.325 e. The van der Waals surface area contributed by atoms with E-state index in [4.69, 9.17) is 5.73 Å². The Kier molecular flexibility index (Phi) is 1.81. The van der Waals surface area contributed by atoms with Gasteiger partial charge in [-0.15, -0.1) is 0 Å². The van der Waals surface area contributed by atoms with Gasteiger partial charge in [-0.05, 0) is 30.4 Å². The molecule has 3 heteroatoms. The van der Waals surface area contributed by atoms with Crippen molar-refractivity contribution in [2.75, 3.05) is 0 Å². The predicted octanol–water partition coefficient (Wildman–Crippen LogP) is 1.56. The normalized spacial score (nSPS) is 16.5. The van der Waals surface area contributed by atoms with Gasteiger partial charge in [0.2, 0.25) is 0 Å². The summed E-state index contributed by atoms with van der Waals surface area (Å²) in [4.78, 5) is 3.96. The van der Waals surface area contributed by atoms with Gasteiger partial charge >= 0.3 is 0 Å². The number of halogens is 1. The van der Waals surface area contributed by atoms with Gasteiger partial charge < -0.3 is 5.73 Å². The van der Waals surface area contributed by atoms with Crippen LogP contribution in [0, 0.1) is 5.82 Å². The van der Waals surface area contributed by atoms with E-state index in [0.29, 0.717) is 12.5 Å². The van der Waals surface area contributed by atoms with Crippen LogP contribution in [0.1, 0.15) is 30.0 Å². The van der Waals surface area contributed by atoms with Gasteiger partial charge in [-0.2, -0.15) is 0 Å². The third-order valence-corrected chi connectivity index (χ3v) is 2.18. The number of hydrogen-bond donors (Lipinski definition) is 1. The Morgan fingerprint density at radius 2 is 2.33 bits per heavy atom. The van der Waals surface area contributed by atoms with Crippen LogP contribution in [0.4, 0.5) is 4.39 Å². The van der Waals surface area contributed by atoms with E-state index < -0.39 is 0 Å². The molecule has 0 radical (unpaired) electrons. The Balaban J connectivity index is 2.39. The first-order valence-corrected chi connectivity index (χ1v) is 4.15. The standard InChI is InChI=1S/C9H11FN2/c10-7-3-8(6-1-2-6)9(4-11)12-5-7/h3,5-6H,1-2,4,11H2. The summed E-state index contributed by atoms with van der Waals surface area (Å²) < 4.78 is 12.8. The van der Waals surface area contributed by atoms with E-state index >= 15 is 0 Å². The minimum Gasteiger partial charge on any atom is -0.325 e. The molecule has 0 saturated heterocycles. The van der Waals surface area contributed by atoms with Gasteiger partial charge in [0.15, 0.2) is 0 Å². The van der Waals surface area contributed by atoms with Crippen LogP contribution in [0.15, 0.2) is 12.3 Å². The van der Waals surface area contributed by atoms with E-state index in [1.54, 1.807) is 6.07 Å². The van der Waals surface area contributed by atoms with E-state index in [1.807, 2.05) is 0 Å². The molecule has 64 valence electrons. The summed E-state index contributed by atoms with van der Waals surface area (Å²) in [5.74, 6) is 0.265. The molecular weight excluding hydrogens is 155 g/mol. The Hall–Kier alpha value is -0.960. The molecule has 0 aromatic carbocycles. The second-order valence-electron chi connectivity index (χ2n) is 3.17. The van der Waals surface area contributed by atoms with Gasteiger partial charge in [0.1, 0.15) is 5.82 Å². The molecule has 1 aromatic rings. The first-order valence-electron chi connectivity index (χ1n) is 4.15. The summed E-state index contributed by atoms with van der Waals surface area (Å²) in [7, 11) is 0. The van der Waals surface area contributed by atoms with E-state index in [2.05, 4.69) is 4.98 Å². The lowest BCUT2D eigenvalue weighted by atomic mass is 10.1. The summed E-state index contributed by atoms with van der Waals surface area (Å²) in [5.41, 5.74) is 7.34. The van der Waals surface area contributed by atoms with E-state index in [1.165, 1.54) is 6.20 Å². The van der Waals surface area contributed by atoms with Crippen molar-refractivity contribution in [2.45, 2.75) is 25.3 Å². The molecule has 0 amide bonds. The number of hydrogen-bond acceptors (Lipinski definition) is 2. The molecule has 0 unspecified atom stereocenters. The first-order chi connectivity index (χ1) is 5.81. The van der Waals surface area contributed by atoms with Crippen molar-refractivity contribution in [2.24, 2.45) is 5.73 Å². The van der Waals surface area contributed by atoms with Crippen molar-refractivity contribution in [3.8, 4) is 0 Å². The molecule has 12 heavy (non-hydrogen) atoms. The van der Waals surface area contributed by atoms with Crippen LogP contribution in [0.3, 0.4) is 0 Å². The maximum Gasteiger partial charge on any atom is 0.141 e. The average Bonchev–Trinajstić information content (AvgIpc) is 2.87. The topological polar surface area (TPSA) is 38.9 Å². The van der Waals surface area contributed by atoms with Crippen molar-refractivity contribution in [1.29, 1.82) is 0 Å². The third-order valence-electron chi connectivity index (χ3n) is 2.18. The fourth-order valence-electron chi connectivity index (χ4n) is 1.40. The highest BCUT2D eigenvalue weighted by Crippen LogP contribution is 2.41. The molecular formula is C9H11FN2. The fourth-order valence-corrected chi connectivity index (χ4v) is 1.40. The quantitative estimate of drug-likeness (QED) is 0.724. The summed E-state index contributed by atoms with van der Waals surface area (Å²) >= 11 is 0. The highest BCUT2D eigenvalue weighted by molar-refractivity contribution is 5.28. The molecule has 2 N–H and O–H groups in total. The number of nitrogens with zero attached hydrogens (tertiary/aromatic N) is 1. The lowest BCUT2D eigenvalue weighted by Gasteiger charge is -2.04. The van der Waals surface area contributed by atoms with Gasteiger partial charge in [0, 0.05) is 6.54 Å². The van der Waals surface area contributed by atoms with Gasteiger partial charge in [0.05, 0.1) is 11.9 Å². The van der Waals surface area contributed by atoms with Crippen molar-refractivity contribution >= 4 is 0 Å². The Morgan fingerprint density at radius 1 is 1.58 bits per heavy atom. The average molecular weight is 166 g/mol. The lowest BCUT2D eigenvalue weighted by molar-refractivity contribution is 0.615. The molecule has 2 nitrogen and oxygen atoms in total. The van der Waals surface area contributed by atoms with Gasteiger partial charge in [0.25, 0.3) is 0 Å². The van der Waals surface area contributed by atoms with Crippen LogP contribution in [0.2, 0.25) is 0 Å². The minimum absolute atomic E-state index is 0.255. The van der Waals surface area contributed by atoms with E-state index in [0.717, 1.165) is 24.1 Å². The minimum atomic E-state index is -0.255. The van der Waals surface area contributed by atoms with Gasteiger partial charge in [-0.3, -0.25) is 4.98 Å². The second kappa shape index (κ2) is 2.83. The maximum absolute atomic E-state index is 12.8. The van der Waals surface area contributed by atoms with Crippen LogP contribution in [0.5, 0.6) is 0 Å². The summed E-state index contributed by atoms with van der Waals surface area (Å²) in [6.45, 7) is 0.409. The summed E-state index contributed by atoms with van der Waals surface area (Å²) in [6.07, 6.45) is 3.53. The summed E-state index contributed by atoms with van der Waals surface area (Å²) in [5, 5.41) is 0. The summed E-state index contributed by atoms with van der Waals surface area (Å²) in [6, 6.07) is 1.56. The predicted molar refractivity (Wildman–Crippen MR) is 44.1 cm³/mol. The number of aromatic nitrogens is 1. The zero-order valence-electron chi connectivity index (χ0n) is 6.76. The van der Waals surface area contributed by atoms with Crippen LogP contribution in [-0.4, -0.2) is 4.98 Å². The molecule has 1 aromatic heterocycles. The SMILES string of the molecule is NCc1ncc(F)cc1C1CC1. The van der Waals surface area contributed by atoms with Gasteiger partial charge in [-0.25, -0.2) is 4.39 Å². The highest BCUT2D eigenvalue weighted by atomic mass is 19.1. The number of pyridine rings is 1. The van der Waals surface area contributed by atoms with Crippen molar-refractivity contribution in [3.63, 3.8) is 0 Å². The van der Waals surface area contributed by atoms with Crippen LogP contribution in [-0.2, 0) is 6.54 Å². The molecule has 1 aliphatic rings. The van der Waals surface area contributed by atoms with Crippen molar-refractivity contribution < 1.29 is 4.39 Å². The Morgan fingerprint density at radius 3 is 2.92 bits per heavy atom. The molecule has 1 fully saturated rings. The monoisotopic (exact) mass is 166 g/mol. The third kappa shape index (κ3) is 1.32. The molecule has 1 heterocycles. The number of nitrogens with two attached hydrogens (primary N) is 1. The number of rotatable bonds is 2. The van der Waals surface area contributed by atoms with Crippen LogP contribution >= 0.6 is 0 Å². The maximum atomic E-state index is 12.8. The molecule has 0 bridgehead atoms. The zero-order chi connectivity index (χ0) is 8.55. The van der Waals surface area contributed by atoms with E-state index in [9.17, 15) is 4.39 Å². The van der Waals surface area contributed by atoms with Crippen LogP contribution < -0.4 is 5.73 Å². The zero-order valence-corrected chi connectivity index (χ0v) is 6.76. The molecule has 1 aliphatic carbocycles. The first kappa shape index (κ1) is 7.68. The second-order valence-corrected chi connectivity index (χ2v) is 3.17.